The number of rotatable bonds is 9. The summed E-state index contributed by atoms with van der Waals surface area (Å²) >= 11 is 0. The van der Waals surface area contributed by atoms with Crippen LogP contribution >= 0.6 is 0 Å². The smallest absolute Gasteiger partial charge is 0.0463 e. The van der Waals surface area contributed by atoms with E-state index in [-0.39, 0.29) is 0 Å². The van der Waals surface area contributed by atoms with Crippen molar-refractivity contribution in [2.45, 2.75) is 0 Å². The Kier molecular flexibility index (Phi) is 8.29. The van der Waals surface area contributed by atoms with Crippen molar-refractivity contribution in [2.24, 2.45) is 0 Å². The van der Waals surface area contributed by atoms with Crippen LogP contribution in [0.15, 0.2) is 194 Å². The lowest BCUT2D eigenvalue weighted by Gasteiger charge is -2.26. The predicted octanol–water partition coefficient (Wildman–Crippen LogP) is 12.1. The Balaban J connectivity index is 1.10. The van der Waals surface area contributed by atoms with Gasteiger partial charge in [0.25, 0.3) is 0 Å². The van der Waals surface area contributed by atoms with Crippen molar-refractivity contribution in [3.05, 3.63) is 194 Å². The van der Waals surface area contributed by atoms with E-state index in [1.807, 2.05) is 0 Å². The highest BCUT2D eigenvalue weighted by Gasteiger charge is 2.14. The Hall–Kier alpha value is -6.06. The minimum Gasteiger partial charge on any atom is -0.345 e. The summed E-state index contributed by atoms with van der Waals surface area (Å²) in [6.45, 7) is 0. The highest BCUT2D eigenvalue weighted by Crippen LogP contribution is 2.37. The van der Waals surface area contributed by atoms with E-state index in [2.05, 4.69) is 216 Å². The Bertz CT molecular complexity index is 1880. The van der Waals surface area contributed by atoms with Crippen LogP contribution in [0.4, 0.5) is 45.5 Å². The molecule has 0 aliphatic heterocycles. The van der Waals surface area contributed by atoms with Crippen LogP contribution in [0.3, 0.4) is 0 Å². The lowest BCUT2D eigenvalue weighted by Crippen LogP contribution is -2.11. The van der Waals surface area contributed by atoms with E-state index >= 15 is 0 Å². The molecule has 0 aromatic heterocycles. The molecular formula is C43H35N3. The molecule has 222 valence electrons. The molecule has 46 heavy (non-hydrogen) atoms. The van der Waals surface area contributed by atoms with Gasteiger partial charge in [0.15, 0.2) is 0 Å². The minimum absolute atomic E-state index is 1.12. The molecule has 0 radical (unpaired) electrons. The lowest BCUT2D eigenvalue weighted by molar-refractivity contribution is 1.20. The molecule has 3 nitrogen and oxygen atoms in total. The molecule has 0 unspecified atom stereocenters. The second kappa shape index (κ2) is 13.3. The summed E-state index contributed by atoms with van der Waals surface area (Å²) in [4.78, 5) is 6.79. The van der Waals surface area contributed by atoms with Gasteiger partial charge in [-0.05, 0) is 108 Å². The average molecular weight is 594 g/mol. The van der Waals surface area contributed by atoms with Crippen LogP contribution in [0.1, 0.15) is 0 Å². The summed E-state index contributed by atoms with van der Waals surface area (Å²) in [5.74, 6) is 0. The van der Waals surface area contributed by atoms with E-state index in [0.29, 0.717) is 0 Å². The summed E-state index contributed by atoms with van der Waals surface area (Å²) in [5.41, 5.74) is 11.4. The van der Waals surface area contributed by atoms with Crippen molar-refractivity contribution in [1.29, 1.82) is 0 Å². The molecule has 0 spiro atoms. The fourth-order valence-corrected chi connectivity index (χ4v) is 5.86. The van der Waals surface area contributed by atoms with Crippen LogP contribution in [0, 0.1) is 0 Å². The van der Waals surface area contributed by atoms with Gasteiger partial charge in [0.2, 0.25) is 0 Å². The van der Waals surface area contributed by atoms with E-state index in [0.717, 1.165) is 45.5 Å². The number of anilines is 8. The standard InChI is InChI=1S/C43H35N3/c1-44(37-30-32-43(33-31-37)46(40-18-10-4-11-19-40)41-20-12-5-13-21-41)36-26-22-34(23-27-36)35-24-28-42(29-25-35)45(38-14-6-2-7-15-38)39-16-8-3-9-17-39/h2-33H,1H3. The molecule has 7 aromatic carbocycles. The Labute approximate surface area is 271 Å². The molecule has 0 saturated carbocycles. The van der Waals surface area contributed by atoms with E-state index < -0.39 is 0 Å². The third-order valence-electron chi connectivity index (χ3n) is 8.27. The molecule has 0 fully saturated rings. The molecule has 0 N–H and O–H groups in total. The number of hydrogen-bond donors (Lipinski definition) is 0. The molecular weight excluding hydrogens is 558 g/mol. The molecule has 0 atom stereocenters. The van der Waals surface area contributed by atoms with Crippen molar-refractivity contribution >= 4 is 45.5 Å². The van der Waals surface area contributed by atoms with Gasteiger partial charge in [-0.1, -0.05) is 97.1 Å². The maximum atomic E-state index is 2.28. The van der Waals surface area contributed by atoms with Crippen LogP contribution in [-0.4, -0.2) is 7.05 Å². The normalized spacial score (nSPS) is 10.7. The fourth-order valence-electron chi connectivity index (χ4n) is 5.86. The summed E-state index contributed by atoms with van der Waals surface area (Å²) < 4.78 is 0. The highest BCUT2D eigenvalue weighted by molar-refractivity contribution is 5.80. The first-order valence-electron chi connectivity index (χ1n) is 15.6. The molecule has 0 amide bonds. The summed E-state index contributed by atoms with van der Waals surface area (Å²) in [6, 6.07) is 68.4. The minimum atomic E-state index is 1.12. The van der Waals surface area contributed by atoms with Crippen molar-refractivity contribution in [1.82, 2.24) is 0 Å². The van der Waals surface area contributed by atoms with Crippen molar-refractivity contribution < 1.29 is 0 Å². The van der Waals surface area contributed by atoms with Gasteiger partial charge >= 0.3 is 0 Å². The van der Waals surface area contributed by atoms with Gasteiger partial charge in [0, 0.05) is 52.5 Å². The van der Waals surface area contributed by atoms with Gasteiger partial charge in [-0.15, -0.1) is 0 Å². The van der Waals surface area contributed by atoms with Crippen molar-refractivity contribution in [2.75, 3.05) is 21.7 Å². The predicted molar refractivity (Wildman–Crippen MR) is 196 cm³/mol. The van der Waals surface area contributed by atoms with Gasteiger partial charge < -0.3 is 14.7 Å². The Morgan fingerprint density at radius 3 is 0.761 bits per heavy atom. The summed E-state index contributed by atoms with van der Waals surface area (Å²) in [6.07, 6.45) is 0. The fraction of sp³-hybridized carbons (Fsp3) is 0.0233. The lowest BCUT2D eigenvalue weighted by atomic mass is 10.0. The van der Waals surface area contributed by atoms with Gasteiger partial charge in [0.1, 0.15) is 0 Å². The van der Waals surface area contributed by atoms with Gasteiger partial charge in [-0.25, -0.2) is 0 Å². The third-order valence-corrected chi connectivity index (χ3v) is 8.27. The molecule has 0 heterocycles. The molecule has 7 aromatic rings. The monoisotopic (exact) mass is 593 g/mol. The number of para-hydroxylation sites is 4. The first-order valence-corrected chi connectivity index (χ1v) is 15.6. The zero-order chi connectivity index (χ0) is 31.1. The first-order chi connectivity index (χ1) is 22.7. The van der Waals surface area contributed by atoms with Crippen molar-refractivity contribution in [3.8, 4) is 11.1 Å². The second-order valence-corrected chi connectivity index (χ2v) is 11.2. The molecule has 0 aliphatic carbocycles. The van der Waals surface area contributed by atoms with Crippen LogP contribution in [-0.2, 0) is 0 Å². The van der Waals surface area contributed by atoms with Crippen LogP contribution in [0.2, 0.25) is 0 Å². The zero-order valence-corrected chi connectivity index (χ0v) is 25.8. The zero-order valence-electron chi connectivity index (χ0n) is 25.8. The number of hydrogen-bond acceptors (Lipinski definition) is 3. The SMILES string of the molecule is CN(c1ccc(-c2ccc(N(c3ccccc3)c3ccccc3)cc2)cc1)c1ccc(N(c2ccccc2)c2ccccc2)cc1. The van der Waals surface area contributed by atoms with Gasteiger partial charge in [-0.2, -0.15) is 0 Å². The molecule has 3 heteroatoms. The number of benzene rings is 7. The van der Waals surface area contributed by atoms with Crippen molar-refractivity contribution in [3.63, 3.8) is 0 Å². The second-order valence-electron chi connectivity index (χ2n) is 11.2. The summed E-state index contributed by atoms with van der Waals surface area (Å²) in [5, 5.41) is 0. The third kappa shape index (κ3) is 6.12. The van der Waals surface area contributed by atoms with E-state index in [9.17, 15) is 0 Å². The molecule has 0 bridgehead atoms. The molecule has 7 rings (SSSR count). The molecule has 0 saturated heterocycles. The largest absolute Gasteiger partial charge is 0.345 e. The van der Waals surface area contributed by atoms with E-state index in [1.54, 1.807) is 0 Å². The topological polar surface area (TPSA) is 9.72 Å². The van der Waals surface area contributed by atoms with Crippen LogP contribution in [0.5, 0.6) is 0 Å². The van der Waals surface area contributed by atoms with Gasteiger partial charge in [-0.3, -0.25) is 0 Å². The highest BCUT2D eigenvalue weighted by atomic mass is 15.1. The quantitative estimate of drug-likeness (QED) is 0.165. The maximum Gasteiger partial charge on any atom is 0.0463 e. The van der Waals surface area contributed by atoms with Crippen LogP contribution < -0.4 is 14.7 Å². The maximum absolute atomic E-state index is 2.28. The molecule has 0 aliphatic rings. The Morgan fingerprint density at radius 2 is 0.457 bits per heavy atom. The Morgan fingerprint density at radius 1 is 0.239 bits per heavy atom. The average Bonchev–Trinajstić information content (AvgIpc) is 3.14. The van der Waals surface area contributed by atoms with E-state index in [4.69, 9.17) is 0 Å². The summed E-state index contributed by atoms with van der Waals surface area (Å²) in [7, 11) is 2.12. The van der Waals surface area contributed by atoms with Gasteiger partial charge in [0.05, 0.1) is 0 Å². The first kappa shape index (κ1) is 28.7. The van der Waals surface area contributed by atoms with Crippen LogP contribution in [0.25, 0.3) is 11.1 Å². The number of nitrogens with zero attached hydrogens (tertiary/aromatic N) is 3. The van der Waals surface area contributed by atoms with E-state index in [1.165, 1.54) is 11.1 Å².